The highest BCUT2D eigenvalue weighted by atomic mass is 32.2. The summed E-state index contributed by atoms with van der Waals surface area (Å²) in [6.07, 6.45) is -4.82. The Kier molecular flexibility index (Phi) is 5.35. The zero-order chi connectivity index (χ0) is 16.3. The Morgan fingerprint density at radius 3 is 2.48 bits per heavy atom. The van der Waals surface area contributed by atoms with Crippen LogP contribution in [0.1, 0.15) is 24.0 Å². The zero-order valence-electron chi connectivity index (χ0n) is 11.1. The van der Waals surface area contributed by atoms with Crippen molar-refractivity contribution in [1.82, 2.24) is 4.72 Å². The molecule has 0 saturated carbocycles. The van der Waals surface area contributed by atoms with Crippen molar-refractivity contribution >= 4 is 16.0 Å². The number of aliphatic carboxylic acids is 1. The maximum atomic E-state index is 12.6. The molecule has 0 aliphatic rings. The second-order valence-corrected chi connectivity index (χ2v) is 6.11. The molecule has 2 N–H and O–H groups in total. The molecule has 0 aliphatic carbocycles. The Balaban J connectivity index is 2.95. The minimum absolute atomic E-state index is 0.0482. The van der Waals surface area contributed by atoms with E-state index in [1.165, 1.54) is 6.92 Å². The maximum absolute atomic E-state index is 12.6. The number of sulfonamides is 1. The fourth-order valence-electron chi connectivity index (χ4n) is 1.59. The van der Waals surface area contributed by atoms with E-state index in [0.717, 1.165) is 12.1 Å². The molecular weight excluding hydrogens is 311 g/mol. The first kappa shape index (κ1) is 17.4. The molecule has 0 atom stereocenters. The third-order valence-electron chi connectivity index (χ3n) is 2.66. The normalized spacial score (nSPS) is 12.4. The van der Waals surface area contributed by atoms with Crippen LogP contribution in [0.4, 0.5) is 13.2 Å². The second kappa shape index (κ2) is 6.44. The van der Waals surface area contributed by atoms with E-state index in [4.69, 9.17) is 5.11 Å². The van der Waals surface area contributed by atoms with Gasteiger partial charge in [0, 0.05) is 13.0 Å². The predicted molar refractivity (Wildman–Crippen MR) is 68.2 cm³/mol. The standard InChI is InChI=1S/C12H14F3NO4S/c1-8-4-5-9(12(13,14)15)7-10(8)21(19,20)16-6-2-3-11(17)18/h4-5,7,16H,2-3,6H2,1H3,(H,17,18). The summed E-state index contributed by atoms with van der Waals surface area (Å²) in [4.78, 5) is 9.84. The van der Waals surface area contributed by atoms with E-state index in [0.29, 0.717) is 6.07 Å². The second-order valence-electron chi connectivity index (χ2n) is 4.37. The van der Waals surface area contributed by atoms with Gasteiger partial charge in [0.2, 0.25) is 10.0 Å². The molecule has 0 amide bonds. The minimum Gasteiger partial charge on any atom is -0.481 e. The summed E-state index contributed by atoms with van der Waals surface area (Å²) in [5.41, 5.74) is -0.882. The van der Waals surface area contributed by atoms with Gasteiger partial charge in [-0.1, -0.05) is 6.07 Å². The van der Waals surface area contributed by atoms with Crippen molar-refractivity contribution in [3.05, 3.63) is 29.3 Å². The largest absolute Gasteiger partial charge is 0.481 e. The highest BCUT2D eigenvalue weighted by molar-refractivity contribution is 7.89. The third-order valence-corrected chi connectivity index (χ3v) is 4.27. The molecule has 0 fully saturated rings. The minimum atomic E-state index is -4.64. The Hall–Kier alpha value is -1.61. The van der Waals surface area contributed by atoms with Crippen LogP contribution in [-0.4, -0.2) is 26.0 Å². The van der Waals surface area contributed by atoms with Crippen molar-refractivity contribution in [2.45, 2.75) is 30.8 Å². The lowest BCUT2D eigenvalue weighted by Crippen LogP contribution is -2.26. The number of rotatable bonds is 6. The van der Waals surface area contributed by atoms with E-state index < -0.39 is 32.6 Å². The quantitative estimate of drug-likeness (QED) is 0.785. The highest BCUT2D eigenvalue weighted by Crippen LogP contribution is 2.31. The number of hydrogen-bond donors (Lipinski definition) is 2. The smallest absolute Gasteiger partial charge is 0.416 e. The molecule has 118 valence electrons. The molecule has 0 aromatic heterocycles. The fraction of sp³-hybridized carbons (Fsp3) is 0.417. The summed E-state index contributed by atoms with van der Waals surface area (Å²) in [7, 11) is -4.11. The summed E-state index contributed by atoms with van der Waals surface area (Å²) >= 11 is 0. The molecule has 21 heavy (non-hydrogen) atoms. The SMILES string of the molecule is Cc1ccc(C(F)(F)F)cc1S(=O)(=O)NCCCC(=O)O. The van der Waals surface area contributed by atoms with Crippen molar-refractivity contribution < 1.29 is 31.5 Å². The van der Waals surface area contributed by atoms with Gasteiger partial charge in [0.15, 0.2) is 0 Å². The number of nitrogens with one attached hydrogen (secondary N) is 1. The van der Waals surface area contributed by atoms with Crippen LogP contribution < -0.4 is 4.72 Å². The van der Waals surface area contributed by atoms with Gasteiger partial charge in [-0.2, -0.15) is 13.2 Å². The molecule has 0 aliphatic heterocycles. The lowest BCUT2D eigenvalue weighted by Gasteiger charge is -2.12. The zero-order valence-corrected chi connectivity index (χ0v) is 11.9. The van der Waals surface area contributed by atoms with Crippen LogP contribution in [-0.2, 0) is 21.0 Å². The molecule has 0 bridgehead atoms. The number of carbonyl (C=O) groups is 1. The average Bonchev–Trinajstić information content (AvgIpc) is 2.33. The van der Waals surface area contributed by atoms with Crippen LogP contribution in [0, 0.1) is 6.92 Å². The Morgan fingerprint density at radius 1 is 1.33 bits per heavy atom. The van der Waals surface area contributed by atoms with Gasteiger partial charge in [-0.3, -0.25) is 4.79 Å². The van der Waals surface area contributed by atoms with E-state index >= 15 is 0 Å². The van der Waals surface area contributed by atoms with Crippen molar-refractivity contribution in [3.8, 4) is 0 Å². The first-order valence-electron chi connectivity index (χ1n) is 5.93. The summed E-state index contributed by atoms with van der Waals surface area (Å²) in [5, 5.41) is 8.43. The molecule has 9 heteroatoms. The molecule has 0 saturated heterocycles. The van der Waals surface area contributed by atoms with Crippen molar-refractivity contribution in [1.29, 1.82) is 0 Å². The number of alkyl halides is 3. The average molecular weight is 325 g/mol. The van der Waals surface area contributed by atoms with E-state index in [-0.39, 0.29) is 24.9 Å². The number of hydrogen-bond acceptors (Lipinski definition) is 3. The monoisotopic (exact) mass is 325 g/mol. The van der Waals surface area contributed by atoms with Crippen LogP contribution >= 0.6 is 0 Å². The molecule has 1 rings (SSSR count). The highest BCUT2D eigenvalue weighted by Gasteiger charge is 2.32. The van der Waals surface area contributed by atoms with Crippen LogP contribution in [0.25, 0.3) is 0 Å². The molecule has 1 aromatic rings. The van der Waals surface area contributed by atoms with E-state index in [2.05, 4.69) is 4.72 Å². The number of benzene rings is 1. The van der Waals surface area contributed by atoms with Gasteiger partial charge in [0.05, 0.1) is 10.5 Å². The van der Waals surface area contributed by atoms with E-state index in [1.54, 1.807) is 0 Å². The molecule has 0 spiro atoms. The first-order chi connectivity index (χ1) is 9.54. The van der Waals surface area contributed by atoms with Crippen molar-refractivity contribution in [2.75, 3.05) is 6.54 Å². The molecule has 5 nitrogen and oxygen atoms in total. The van der Waals surface area contributed by atoms with E-state index in [1.807, 2.05) is 0 Å². The van der Waals surface area contributed by atoms with Crippen molar-refractivity contribution in [2.24, 2.45) is 0 Å². The van der Waals surface area contributed by atoms with Gasteiger partial charge in [0.25, 0.3) is 0 Å². The molecule has 1 aromatic carbocycles. The van der Waals surface area contributed by atoms with Gasteiger partial charge >= 0.3 is 12.1 Å². The molecule has 0 unspecified atom stereocenters. The summed E-state index contributed by atoms with van der Waals surface area (Å²) in [6.45, 7) is 1.22. The fourth-order valence-corrected chi connectivity index (χ4v) is 2.93. The lowest BCUT2D eigenvalue weighted by atomic mass is 10.1. The van der Waals surface area contributed by atoms with Crippen LogP contribution in [0.2, 0.25) is 0 Å². The van der Waals surface area contributed by atoms with Crippen LogP contribution in [0.5, 0.6) is 0 Å². The van der Waals surface area contributed by atoms with E-state index in [9.17, 15) is 26.4 Å². The molecular formula is C12H14F3NO4S. The summed E-state index contributed by atoms with van der Waals surface area (Å²) in [5.74, 6) is -1.08. The number of carboxylic acids is 1. The maximum Gasteiger partial charge on any atom is 0.416 e. The summed E-state index contributed by atoms with van der Waals surface area (Å²) < 4.78 is 63.8. The predicted octanol–water partition coefficient (Wildman–Crippen LogP) is 2.16. The Morgan fingerprint density at radius 2 is 1.95 bits per heavy atom. The third kappa shape index (κ3) is 5.01. The van der Waals surface area contributed by atoms with Gasteiger partial charge in [0.1, 0.15) is 0 Å². The number of halogens is 3. The Bertz CT molecular complexity index is 626. The van der Waals surface area contributed by atoms with Crippen molar-refractivity contribution in [3.63, 3.8) is 0 Å². The summed E-state index contributed by atoms with van der Waals surface area (Å²) in [6, 6.07) is 2.45. The van der Waals surface area contributed by atoms with Crippen LogP contribution in [0.15, 0.2) is 23.1 Å². The van der Waals surface area contributed by atoms with Crippen LogP contribution in [0.3, 0.4) is 0 Å². The Labute approximate surface area is 119 Å². The topological polar surface area (TPSA) is 83.5 Å². The number of aryl methyl sites for hydroxylation is 1. The van der Waals surface area contributed by atoms with Gasteiger partial charge in [-0.05, 0) is 31.0 Å². The lowest BCUT2D eigenvalue weighted by molar-refractivity contribution is -0.138. The van der Waals surface area contributed by atoms with Gasteiger partial charge in [-0.25, -0.2) is 13.1 Å². The number of carboxylic acid groups (broad SMARTS) is 1. The van der Waals surface area contributed by atoms with Gasteiger partial charge < -0.3 is 5.11 Å². The van der Waals surface area contributed by atoms with Gasteiger partial charge in [-0.15, -0.1) is 0 Å². The molecule has 0 heterocycles. The first-order valence-corrected chi connectivity index (χ1v) is 7.41. The molecule has 0 radical (unpaired) electrons.